The summed E-state index contributed by atoms with van der Waals surface area (Å²) in [5, 5.41) is 3.28. The number of hydrogen-bond donors (Lipinski definition) is 1. The molecule has 0 aromatic carbocycles. The first-order chi connectivity index (χ1) is 10.1. The number of halogens is 1. The molecule has 0 unspecified atom stereocenters. The quantitative estimate of drug-likeness (QED) is 0.875. The molecule has 0 aliphatic rings. The highest BCUT2D eigenvalue weighted by Crippen LogP contribution is 2.14. The van der Waals surface area contributed by atoms with Crippen LogP contribution in [0, 0.1) is 6.92 Å². The number of anilines is 2. The lowest BCUT2D eigenvalue weighted by Crippen LogP contribution is -2.25. The summed E-state index contributed by atoms with van der Waals surface area (Å²) in [4.78, 5) is 23.0. The van der Waals surface area contributed by atoms with Crippen molar-refractivity contribution in [2.45, 2.75) is 27.3 Å². The molecule has 1 N–H and O–H groups in total. The SMILES string of the molecule is CCN(CC)c1nc(Cl)nc(NCc2ccnc(C)n2)n1. The van der Waals surface area contributed by atoms with Crippen LogP contribution in [0.15, 0.2) is 12.3 Å². The molecule has 0 saturated heterocycles. The van der Waals surface area contributed by atoms with Crippen LogP contribution in [-0.4, -0.2) is 38.0 Å². The Morgan fingerprint density at radius 2 is 1.90 bits per heavy atom. The van der Waals surface area contributed by atoms with Crippen LogP contribution < -0.4 is 10.2 Å². The van der Waals surface area contributed by atoms with Crippen LogP contribution >= 0.6 is 11.6 Å². The Balaban J connectivity index is 2.13. The van der Waals surface area contributed by atoms with Gasteiger partial charge in [-0.25, -0.2) is 9.97 Å². The van der Waals surface area contributed by atoms with Gasteiger partial charge in [0.05, 0.1) is 12.2 Å². The Labute approximate surface area is 128 Å². The van der Waals surface area contributed by atoms with E-state index in [-0.39, 0.29) is 5.28 Å². The first kappa shape index (κ1) is 15.4. The number of aryl methyl sites for hydroxylation is 1. The summed E-state index contributed by atoms with van der Waals surface area (Å²) in [5.41, 5.74) is 0.864. The van der Waals surface area contributed by atoms with Crippen LogP contribution in [0.2, 0.25) is 5.28 Å². The average molecular weight is 308 g/mol. The highest BCUT2D eigenvalue weighted by atomic mass is 35.5. The first-order valence-electron chi connectivity index (χ1n) is 6.81. The third-order valence-corrected chi connectivity index (χ3v) is 3.07. The number of aromatic nitrogens is 5. The third-order valence-electron chi connectivity index (χ3n) is 2.90. The summed E-state index contributed by atoms with van der Waals surface area (Å²) in [6, 6.07) is 1.84. The molecule has 7 nitrogen and oxygen atoms in total. The zero-order chi connectivity index (χ0) is 15.2. The maximum absolute atomic E-state index is 5.96. The van der Waals surface area contributed by atoms with E-state index < -0.39 is 0 Å². The van der Waals surface area contributed by atoms with Gasteiger partial charge in [-0.15, -0.1) is 0 Å². The van der Waals surface area contributed by atoms with Crippen LogP contribution in [0.4, 0.5) is 11.9 Å². The predicted octanol–water partition coefficient (Wildman–Crippen LogP) is 2.08. The standard InChI is InChI=1S/C13H18ClN7/c1-4-21(5-2)13-19-11(14)18-12(20-13)16-8-10-6-7-15-9(3)17-10/h6-7H,4-5,8H2,1-3H3,(H,16,18,19,20). The molecule has 0 bridgehead atoms. The van der Waals surface area contributed by atoms with Crippen molar-refractivity contribution in [3.05, 3.63) is 29.1 Å². The summed E-state index contributed by atoms with van der Waals surface area (Å²) in [6.07, 6.45) is 1.72. The van der Waals surface area contributed by atoms with Crippen LogP contribution in [0.5, 0.6) is 0 Å². The molecule has 0 aliphatic carbocycles. The van der Waals surface area contributed by atoms with Gasteiger partial charge in [-0.2, -0.15) is 15.0 Å². The lowest BCUT2D eigenvalue weighted by atomic mass is 10.4. The average Bonchev–Trinajstić information content (AvgIpc) is 2.46. The van der Waals surface area contributed by atoms with E-state index in [1.54, 1.807) is 6.20 Å². The largest absolute Gasteiger partial charge is 0.348 e. The maximum Gasteiger partial charge on any atom is 0.231 e. The van der Waals surface area contributed by atoms with E-state index in [2.05, 4.69) is 30.2 Å². The van der Waals surface area contributed by atoms with Gasteiger partial charge in [0.1, 0.15) is 5.82 Å². The minimum absolute atomic E-state index is 0.174. The fourth-order valence-corrected chi connectivity index (χ4v) is 2.00. The van der Waals surface area contributed by atoms with Gasteiger partial charge in [-0.3, -0.25) is 0 Å². The van der Waals surface area contributed by atoms with Crippen molar-refractivity contribution in [2.75, 3.05) is 23.3 Å². The van der Waals surface area contributed by atoms with Crippen LogP contribution in [-0.2, 0) is 6.54 Å². The molecule has 0 saturated carbocycles. The molecule has 0 aliphatic heterocycles. The zero-order valence-corrected chi connectivity index (χ0v) is 13.1. The Bertz CT molecular complexity index is 601. The summed E-state index contributed by atoms with van der Waals surface area (Å²) in [7, 11) is 0. The van der Waals surface area contributed by atoms with E-state index in [0.29, 0.717) is 18.4 Å². The predicted molar refractivity (Wildman–Crippen MR) is 82.5 cm³/mol. The van der Waals surface area contributed by atoms with Crippen molar-refractivity contribution >= 4 is 23.5 Å². The van der Waals surface area contributed by atoms with Crippen LogP contribution in [0.3, 0.4) is 0 Å². The van der Waals surface area contributed by atoms with E-state index in [4.69, 9.17) is 11.6 Å². The topological polar surface area (TPSA) is 79.7 Å². The Kier molecular flexibility index (Phi) is 5.21. The molecular weight excluding hydrogens is 290 g/mol. The Morgan fingerprint density at radius 1 is 1.14 bits per heavy atom. The minimum atomic E-state index is 0.174. The van der Waals surface area contributed by atoms with E-state index in [1.807, 2.05) is 31.7 Å². The lowest BCUT2D eigenvalue weighted by Gasteiger charge is -2.18. The number of rotatable bonds is 6. The fraction of sp³-hybridized carbons (Fsp3) is 0.462. The van der Waals surface area contributed by atoms with Crippen LogP contribution in [0.25, 0.3) is 0 Å². The van der Waals surface area contributed by atoms with Gasteiger partial charge in [-0.05, 0) is 38.4 Å². The van der Waals surface area contributed by atoms with Crippen molar-refractivity contribution in [1.82, 2.24) is 24.9 Å². The van der Waals surface area contributed by atoms with Crippen LogP contribution in [0.1, 0.15) is 25.4 Å². The van der Waals surface area contributed by atoms with Crippen molar-refractivity contribution < 1.29 is 0 Å². The van der Waals surface area contributed by atoms with Crippen molar-refractivity contribution in [1.29, 1.82) is 0 Å². The summed E-state index contributed by atoms with van der Waals surface area (Å²) in [6.45, 7) is 8.04. The zero-order valence-electron chi connectivity index (χ0n) is 12.3. The summed E-state index contributed by atoms with van der Waals surface area (Å²) < 4.78 is 0. The monoisotopic (exact) mass is 307 g/mol. The molecule has 0 fully saturated rings. The highest BCUT2D eigenvalue weighted by molar-refractivity contribution is 6.28. The second kappa shape index (κ2) is 7.12. The van der Waals surface area contributed by atoms with Crippen molar-refractivity contribution in [2.24, 2.45) is 0 Å². The van der Waals surface area contributed by atoms with Gasteiger partial charge in [0.25, 0.3) is 0 Å². The van der Waals surface area contributed by atoms with E-state index in [9.17, 15) is 0 Å². The van der Waals surface area contributed by atoms with Gasteiger partial charge < -0.3 is 10.2 Å². The summed E-state index contributed by atoms with van der Waals surface area (Å²) in [5.74, 6) is 1.74. The van der Waals surface area contributed by atoms with E-state index in [1.165, 1.54) is 0 Å². The number of nitrogens with one attached hydrogen (secondary N) is 1. The molecule has 112 valence electrons. The molecule has 2 rings (SSSR count). The minimum Gasteiger partial charge on any atom is -0.348 e. The molecule has 0 atom stereocenters. The number of hydrogen-bond acceptors (Lipinski definition) is 7. The summed E-state index contributed by atoms with van der Waals surface area (Å²) >= 11 is 5.96. The highest BCUT2D eigenvalue weighted by Gasteiger charge is 2.10. The molecule has 0 radical (unpaired) electrons. The van der Waals surface area contributed by atoms with Crippen molar-refractivity contribution in [3.63, 3.8) is 0 Å². The molecule has 0 amide bonds. The van der Waals surface area contributed by atoms with Gasteiger partial charge in [0, 0.05) is 19.3 Å². The normalized spacial score (nSPS) is 10.5. The van der Waals surface area contributed by atoms with Gasteiger partial charge >= 0.3 is 0 Å². The first-order valence-corrected chi connectivity index (χ1v) is 7.19. The second-order valence-corrected chi connectivity index (χ2v) is 4.69. The third kappa shape index (κ3) is 4.22. The second-order valence-electron chi connectivity index (χ2n) is 4.35. The Morgan fingerprint density at radius 3 is 2.57 bits per heavy atom. The fourth-order valence-electron chi connectivity index (χ4n) is 1.84. The molecule has 0 spiro atoms. The molecule has 2 aromatic heterocycles. The van der Waals surface area contributed by atoms with E-state index in [0.717, 1.165) is 24.6 Å². The molecular formula is C13H18ClN7. The smallest absolute Gasteiger partial charge is 0.231 e. The van der Waals surface area contributed by atoms with Gasteiger partial charge in [0.15, 0.2) is 0 Å². The van der Waals surface area contributed by atoms with Crippen molar-refractivity contribution in [3.8, 4) is 0 Å². The van der Waals surface area contributed by atoms with Gasteiger partial charge in [0.2, 0.25) is 17.2 Å². The molecule has 2 aromatic rings. The van der Waals surface area contributed by atoms with E-state index >= 15 is 0 Å². The molecule has 21 heavy (non-hydrogen) atoms. The lowest BCUT2D eigenvalue weighted by molar-refractivity contribution is 0.810. The molecule has 2 heterocycles. The number of nitrogens with zero attached hydrogens (tertiary/aromatic N) is 6. The Hall–Kier alpha value is -2.02. The molecule has 8 heteroatoms. The maximum atomic E-state index is 5.96. The van der Waals surface area contributed by atoms with Gasteiger partial charge in [-0.1, -0.05) is 0 Å².